The van der Waals surface area contributed by atoms with Gasteiger partial charge in [0, 0.05) is 28.9 Å². The van der Waals surface area contributed by atoms with Crippen molar-refractivity contribution in [2.24, 2.45) is 10.9 Å². The number of pyridine rings is 1. The van der Waals surface area contributed by atoms with Crippen molar-refractivity contribution in [3.05, 3.63) is 101 Å². The Kier molecular flexibility index (Phi) is 6.14. The number of aromatic nitrogens is 1. The Balaban J connectivity index is 1.49. The van der Waals surface area contributed by atoms with E-state index >= 15 is 4.39 Å². The van der Waals surface area contributed by atoms with Crippen LogP contribution in [0.15, 0.2) is 71.9 Å². The molecule has 5 rings (SSSR count). The quantitative estimate of drug-likeness (QED) is 0.569. The van der Waals surface area contributed by atoms with Crippen LogP contribution in [0.1, 0.15) is 34.1 Å². The molecule has 0 radical (unpaired) electrons. The summed E-state index contributed by atoms with van der Waals surface area (Å²) >= 11 is 1.36. The van der Waals surface area contributed by atoms with Gasteiger partial charge in [-0.1, -0.05) is 36.0 Å². The number of amidine groups is 1. The van der Waals surface area contributed by atoms with Gasteiger partial charge in [0.05, 0.1) is 24.6 Å². The molecule has 1 aromatic heterocycles. The monoisotopic (exact) mass is 483 g/mol. The average molecular weight is 484 g/mol. The molecule has 34 heavy (non-hydrogen) atoms. The summed E-state index contributed by atoms with van der Waals surface area (Å²) in [6.45, 7) is -0.00475. The van der Waals surface area contributed by atoms with Gasteiger partial charge < -0.3 is 10.1 Å². The molecule has 1 saturated heterocycles. The second kappa shape index (κ2) is 9.23. The lowest BCUT2D eigenvalue weighted by Crippen LogP contribution is -2.49. The first-order valence-electron chi connectivity index (χ1n) is 10.7. The molecule has 0 bridgehead atoms. The Bertz CT molecular complexity index is 1240. The van der Waals surface area contributed by atoms with Gasteiger partial charge in [-0.3, -0.25) is 9.78 Å². The number of hydrogen-bond acceptors (Lipinski definition) is 5. The van der Waals surface area contributed by atoms with Gasteiger partial charge in [0.1, 0.15) is 23.0 Å². The van der Waals surface area contributed by atoms with Crippen molar-refractivity contribution < 1.29 is 22.7 Å². The van der Waals surface area contributed by atoms with Crippen molar-refractivity contribution in [1.82, 2.24) is 10.3 Å². The number of halogens is 3. The highest BCUT2D eigenvalue weighted by Gasteiger charge is 2.50. The third-order valence-electron chi connectivity index (χ3n) is 6.13. The standard InChI is InChI=1S/C25H20F3N3O2S/c26-17-6-8-19(20(28)11-17)25-14-33-22(21-9-7-18(27)12-29-21)10-16(25)13-34-24(31-25)30-23(32)15-4-2-1-3-5-15/h1-9,11-12,16,22H,10,13-14H2,(H,30,31,32). The van der Waals surface area contributed by atoms with Gasteiger partial charge in [0.2, 0.25) is 0 Å². The lowest BCUT2D eigenvalue weighted by Gasteiger charge is -2.46. The van der Waals surface area contributed by atoms with E-state index in [1.165, 1.54) is 30.0 Å². The molecule has 1 amide bonds. The van der Waals surface area contributed by atoms with E-state index in [9.17, 15) is 13.6 Å². The van der Waals surface area contributed by atoms with Crippen LogP contribution in [0, 0.1) is 23.4 Å². The minimum Gasteiger partial charge on any atom is -0.369 e. The van der Waals surface area contributed by atoms with Crippen LogP contribution in [0.5, 0.6) is 0 Å². The molecule has 0 spiro atoms. The second-order valence-electron chi connectivity index (χ2n) is 8.23. The van der Waals surface area contributed by atoms with Crippen LogP contribution in [0.3, 0.4) is 0 Å². The summed E-state index contributed by atoms with van der Waals surface area (Å²) in [4.78, 5) is 21.6. The largest absolute Gasteiger partial charge is 0.369 e. The van der Waals surface area contributed by atoms with E-state index in [4.69, 9.17) is 9.73 Å². The van der Waals surface area contributed by atoms with Crippen LogP contribution in [0.25, 0.3) is 0 Å². The number of ether oxygens (including phenoxy) is 1. The van der Waals surface area contributed by atoms with Gasteiger partial charge in [0.25, 0.3) is 5.91 Å². The molecule has 2 aliphatic rings. The van der Waals surface area contributed by atoms with Gasteiger partial charge in [-0.05, 0) is 36.8 Å². The summed E-state index contributed by atoms with van der Waals surface area (Å²) in [5, 5.41) is 3.15. The zero-order chi connectivity index (χ0) is 23.7. The van der Waals surface area contributed by atoms with Gasteiger partial charge in [-0.15, -0.1) is 0 Å². The van der Waals surface area contributed by atoms with Gasteiger partial charge in [0.15, 0.2) is 5.17 Å². The highest BCUT2D eigenvalue weighted by molar-refractivity contribution is 8.13. The Hall–Kier alpha value is -3.17. The summed E-state index contributed by atoms with van der Waals surface area (Å²) < 4.78 is 48.1. The number of aliphatic imine (C=N–C) groups is 1. The summed E-state index contributed by atoms with van der Waals surface area (Å²) in [5.74, 6) is -1.86. The zero-order valence-corrected chi connectivity index (χ0v) is 18.7. The first-order valence-corrected chi connectivity index (χ1v) is 11.7. The number of fused-ring (bicyclic) bond motifs is 1. The molecule has 3 heterocycles. The third kappa shape index (κ3) is 4.33. The molecule has 3 atom stereocenters. The predicted molar refractivity (Wildman–Crippen MR) is 123 cm³/mol. The number of thioether (sulfide) groups is 1. The van der Waals surface area contributed by atoms with E-state index < -0.39 is 29.1 Å². The van der Waals surface area contributed by atoms with Crippen molar-refractivity contribution >= 4 is 22.8 Å². The normalized spacial score (nSPS) is 24.1. The van der Waals surface area contributed by atoms with Crippen molar-refractivity contribution in [3.8, 4) is 0 Å². The highest BCUT2D eigenvalue weighted by Crippen LogP contribution is 2.49. The van der Waals surface area contributed by atoms with E-state index in [1.807, 2.05) is 6.07 Å². The minimum absolute atomic E-state index is 0.00475. The summed E-state index contributed by atoms with van der Waals surface area (Å²) in [5.41, 5.74) is 0.0963. The lowest BCUT2D eigenvalue weighted by atomic mass is 9.74. The van der Waals surface area contributed by atoms with E-state index in [-0.39, 0.29) is 24.0 Å². The van der Waals surface area contributed by atoms with Crippen LogP contribution in [0.4, 0.5) is 13.2 Å². The van der Waals surface area contributed by atoms with Crippen LogP contribution < -0.4 is 5.32 Å². The van der Waals surface area contributed by atoms with E-state index in [0.717, 1.165) is 12.3 Å². The number of nitrogens with one attached hydrogen (secondary N) is 1. The first-order chi connectivity index (χ1) is 16.4. The molecular weight excluding hydrogens is 463 g/mol. The fourth-order valence-corrected chi connectivity index (χ4v) is 5.56. The maximum Gasteiger partial charge on any atom is 0.257 e. The fraction of sp³-hybridized carbons (Fsp3) is 0.240. The zero-order valence-electron chi connectivity index (χ0n) is 17.9. The van der Waals surface area contributed by atoms with Crippen LogP contribution in [-0.4, -0.2) is 28.4 Å². The van der Waals surface area contributed by atoms with E-state index in [1.54, 1.807) is 30.3 Å². The maximum atomic E-state index is 15.0. The number of benzene rings is 2. The Morgan fingerprint density at radius 3 is 2.59 bits per heavy atom. The molecule has 9 heteroatoms. The molecule has 1 fully saturated rings. The summed E-state index contributed by atoms with van der Waals surface area (Å²) in [7, 11) is 0. The molecule has 2 aromatic carbocycles. The molecule has 3 aromatic rings. The number of hydrogen-bond donors (Lipinski definition) is 1. The van der Waals surface area contributed by atoms with Crippen molar-refractivity contribution in [1.29, 1.82) is 0 Å². The van der Waals surface area contributed by atoms with Gasteiger partial charge >= 0.3 is 0 Å². The Morgan fingerprint density at radius 2 is 1.85 bits per heavy atom. The van der Waals surface area contributed by atoms with Crippen molar-refractivity contribution in [2.75, 3.05) is 12.4 Å². The van der Waals surface area contributed by atoms with Crippen LogP contribution in [0.2, 0.25) is 0 Å². The van der Waals surface area contributed by atoms with Crippen LogP contribution in [-0.2, 0) is 10.3 Å². The predicted octanol–water partition coefficient (Wildman–Crippen LogP) is 5.00. The SMILES string of the molecule is O=C(NC1=NC2(c3ccc(F)cc3F)COC(c3ccc(F)cn3)CC2CS1)c1ccccc1. The first kappa shape index (κ1) is 22.6. The lowest BCUT2D eigenvalue weighted by molar-refractivity contribution is -0.0607. The maximum absolute atomic E-state index is 15.0. The Morgan fingerprint density at radius 1 is 1.06 bits per heavy atom. The van der Waals surface area contributed by atoms with Crippen LogP contribution >= 0.6 is 11.8 Å². The summed E-state index contributed by atoms with van der Waals surface area (Å²) in [6.07, 6.45) is 1.16. The third-order valence-corrected chi connectivity index (χ3v) is 7.17. The van der Waals surface area contributed by atoms with Gasteiger partial charge in [-0.25, -0.2) is 18.2 Å². The second-order valence-corrected chi connectivity index (χ2v) is 9.24. The smallest absolute Gasteiger partial charge is 0.257 e. The molecule has 1 N–H and O–H groups in total. The number of rotatable bonds is 3. The fourth-order valence-electron chi connectivity index (χ4n) is 4.39. The van der Waals surface area contributed by atoms with E-state index in [0.29, 0.717) is 28.6 Å². The molecule has 0 aliphatic carbocycles. The molecule has 174 valence electrons. The van der Waals surface area contributed by atoms with Crippen molar-refractivity contribution in [2.45, 2.75) is 18.1 Å². The average Bonchev–Trinajstić information content (AvgIpc) is 2.84. The van der Waals surface area contributed by atoms with Crippen molar-refractivity contribution in [3.63, 3.8) is 0 Å². The minimum atomic E-state index is -1.15. The highest BCUT2D eigenvalue weighted by atomic mass is 32.2. The Labute approximate surface area is 198 Å². The number of carbonyl (C=O) groups excluding carboxylic acids is 1. The molecule has 0 saturated carbocycles. The summed E-state index contributed by atoms with van der Waals surface area (Å²) in [6, 6.07) is 15.0. The van der Waals surface area contributed by atoms with E-state index in [2.05, 4.69) is 10.3 Å². The molecule has 5 nitrogen and oxygen atoms in total. The number of carbonyl (C=O) groups is 1. The molecule has 2 aliphatic heterocycles. The molecule has 3 unspecified atom stereocenters. The topological polar surface area (TPSA) is 63.6 Å². The number of amides is 1. The molecular formula is C25H20F3N3O2S. The van der Waals surface area contributed by atoms with Gasteiger partial charge in [-0.2, -0.15) is 0 Å². The number of nitrogens with zero attached hydrogens (tertiary/aromatic N) is 2.